The number of methoxy groups -OCH3 is 1. The topological polar surface area (TPSA) is 84.9 Å². The minimum atomic E-state index is -0.920. The fraction of sp³-hybridized carbons (Fsp3) is 0.706. The van der Waals surface area contributed by atoms with Gasteiger partial charge >= 0.3 is 12.1 Å². The number of fused-ring (bicyclic) bond motifs is 1. The first-order valence-corrected chi connectivity index (χ1v) is 8.54. The number of alkyl carbamates (subject to hydrolysis) is 1. The number of nitrogens with zero attached hydrogens (tertiary/aromatic N) is 1. The minimum absolute atomic E-state index is 0.152. The van der Waals surface area contributed by atoms with E-state index in [0.29, 0.717) is 38.7 Å². The lowest BCUT2D eigenvalue weighted by Crippen LogP contribution is -2.62. The lowest BCUT2D eigenvalue weighted by Gasteiger charge is -2.41. The molecule has 0 bridgehead atoms. The molecular weight excluding hydrogens is 312 g/mol. The van der Waals surface area contributed by atoms with Gasteiger partial charge in [-0.15, -0.1) is 0 Å². The molecule has 0 aromatic carbocycles. The molecule has 1 N–H and O–H groups in total. The second kappa shape index (κ2) is 8.17. The average Bonchev–Trinajstić information content (AvgIpc) is 2.91. The standard InChI is InChI=1S/C17H26N2O5/c1-3-4-12-24-16(22)18-17-10-7-5-6-8-14(20)19(17)13(9-11-17)15(21)23-2/h5,7,13H,3-4,6,8-12H2,1-2H3,(H,18,22)/b7-5-. The largest absolute Gasteiger partial charge is 0.467 e. The molecule has 0 saturated carbocycles. The van der Waals surface area contributed by atoms with E-state index >= 15 is 0 Å². The first kappa shape index (κ1) is 18.3. The number of hydrogen-bond acceptors (Lipinski definition) is 5. The summed E-state index contributed by atoms with van der Waals surface area (Å²) in [5.41, 5.74) is -0.920. The molecule has 1 fully saturated rings. The van der Waals surface area contributed by atoms with Crippen molar-refractivity contribution < 1.29 is 23.9 Å². The Morgan fingerprint density at radius 2 is 2.21 bits per heavy atom. The molecule has 2 aliphatic rings. The fourth-order valence-electron chi connectivity index (χ4n) is 3.33. The van der Waals surface area contributed by atoms with Gasteiger partial charge in [-0.1, -0.05) is 25.5 Å². The smallest absolute Gasteiger partial charge is 0.408 e. The Morgan fingerprint density at radius 1 is 1.42 bits per heavy atom. The van der Waals surface area contributed by atoms with Crippen LogP contribution in [0.3, 0.4) is 0 Å². The summed E-state index contributed by atoms with van der Waals surface area (Å²) in [4.78, 5) is 38.4. The highest BCUT2D eigenvalue weighted by Crippen LogP contribution is 2.37. The third-order valence-electron chi connectivity index (χ3n) is 4.56. The van der Waals surface area contributed by atoms with Crippen molar-refractivity contribution in [3.63, 3.8) is 0 Å². The Labute approximate surface area is 142 Å². The second-order valence-electron chi connectivity index (χ2n) is 6.20. The van der Waals surface area contributed by atoms with Gasteiger partial charge in [0.25, 0.3) is 0 Å². The molecule has 2 aliphatic heterocycles. The molecule has 2 atom stereocenters. The van der Waals surface area contributed by atoms with Crippen LogP contribution in [0.5, 0.6) is 0 Å². The van der Waals surface area contributed by atoms with Crippen molar-refractivity contribution in [1.82, 2.24) is 10.2 Å². The fourth-order valence-corrected chi connectivity index (χ4v) is 3.33. The first-order chi connectivity index (χ1) is 11.5. The van der Waals surface area contributed by atoms with Crippen molar-refractivity contribution in [2.45, 2.75) is 63.6 Å². The highest BCUT2D eigenvalue weighted by Gasteiger charge is 2.52. The molecule has 2 rings (SSSR count). The predicted molar refractivity (Wildman–Crippen MR) is 87.0 cm³/mol. The van der Waals surface area contributed by atoms with E-state index < -0.39 is 23.8 Å². The summed E-state index contributed by atoms with van der Waals surface area (Å²) >= 11 is 0. The van der Waals surface area contributed by atoms with Crippen LogP contribution < -0.4 is 5.32 Å². The number of hydrogen-bond donors (Lipinski definition) is 1. The van der Waals surface area contributed by atoms with E-state index in [2.05, 4.69) is 5.32 Å². The van der Waals surface area contributed by atoms with Crippen molar-refractivity contribution >= 4 is 18.0 Å². The molecule has 2 heterocycles. The Kier molecular flexibility index (Phi) is 6.23. The van der Waals surface area contributed by atoms with Gasteiger partial charge in [0.05, 0.1) is 13.7 Å². The SMILES string of the molecule is CCCCOC(=O)NC12C/C=C\CCC(=O)N1C(C(=O)OC)CC2. The number of ether oxygens (including phenoxy) is 2. The third kappa shape index (κ3) is 3.88. The zero-order valence-electron chi connectivity index (χ0n) is 14.4. The number of carbonyl (C=O) groups is 3. The lowest BCUT2D eigenvalue weighted by molar-refractivity contribution is -0.155. The summed E-state index contributed by atoms with van der Waals surface area (Å²) in [6.07, 6.45) is 7.38. The van der Waals surface area contributed by atoms with Crippen LogP contribution >= 0.6 is 0 Å². The van der Waals surface area contributed by atoms with E-state index in [1.54, 1.807) is 0 Å². The Balaban J connectivity index is 2.21. The van der Waals surface area contributed by atoms with E-state index in [-0.39, 0.29) is 5.91 Å². The third-order valence-corrected chi connectivity index (χ3v) is 4.56. The van der Waals surface area contributed by atoms with Gasteiger partial charge in [-0.3, -0.25) is 10.1 Å². The van der Waals surface area contributed by atoms with Crippen molar-refractivity contribution in [1.29, 1.82) is 0 Å². The van der Waals surface area contributed by atoms with Gasteiger partial charge in [-0.2, -0.15) is 0 Å². The van der Waals surface area contributed by atoms with Crippen LogP contribution in [0.1, 0.15) is 51.9 Å². The van der Waals surface area contributed by atoms with E-state index in [1.165, 1.54) is 12.0 Å². The molecule has 0 spiro atoms. The van der Waals surface area contributed by atoms with Crippen molar-refractivity contribution in [2.75, 3.05) is 13.7 Å². The van der Waals surface area contributed by atoms with Gasteiger partial charge < -0.3 is 14.4 Å². The normalized spacial score (nSPS) is 27.7. The van der Waals surface area contributed by atoms with E-state index in [1.807, 2.05) is 19.1 Å². The van der Waals surface area contributed by atoms with Crippen LogP contribution in [-0.4, -0.2) is 48.3 Å². The van der Waals surface area contributed by atoms with Crippen molar-refractivity contribution in [3.05, 3.63) is 12.2 Å². The van der Waals surface area contributed by atoms with E-state index in [9.17, 15) is 14.4 Å². The molecule has 134 valence electrons. The maximum absolute atomic E-state index is 12.6. The average molecular weight is 338 g/mol. The van der Waals surface area contributed by atoms with E-state index in [0.717, 1.165) is 12.8 Å². The van der Waals surface area contributed by atoms with Gasteiger partial charge in [0, 0.05) is 12.8 Å². The summed E-state index contributed by atoms with van der Waals surface area (Å²) in [7, 11) is 1.31. The molecule has 0 aliphatic carbocycles. The number of amides is 2. The maximum Gasteiger partial charge on any atom is 0.408 e. The number of unbranched alkanes of at least 4 members (excludes halogenated alkanes) is 1. The molecule has 2 unspecified atom stereocenters. The van der Waals surface area contributed by atoms with Crippen molar-refractivity contribution in [3.8, 4) is 0 Å². The summed E-state index contributed by atoms with van der Waals surface area (Å²) in [6.45, 7) is 2.35. The number of esters is 1. The molecule has 24 heavy (non-hydrogen) atoms. The summed E-state index contributed by atoms with van der Waals surface area (Å²) in [6, 6.07) is -0.662. The molecule has 0 aromatic rings. The van der Waals surface area contributed by atoms with Gasteiger partial charge in [-0.05, 0) is 25.7 Å². The second-order valence-corrected chi connectivity index (χ2v) is 6.20. The first-order valence-electron chi connectivity index (χ1n) is 8.54. The van der Waals surface area contributed by atoms with Gasteiger partial charge in [-0.25, -0.2) is 9.59 Å². The quantitative estimate of drug-likeness (QED) is 0.471. The Bertz CT molecular complexity index is 519. The van der Waals surface area contributed by atoms with Crippen LogP contribution in [0, 0.1) is 0 Å². The molecule has 1 saturated heterocycles. The molecule has 2 amide bonds. The number of nitrogens with one attached hydrogen (secondary N) is 1. The Hall–Kier alpha value is -2.05. The summed E-state index contributed by atoms with van der Waals surface area (Å²) in [5.74, 6) is -0.600. The molecular formula is C17H26N2O5. The Morgan fingerprint density at radius 3 is 2.92 bits per heavy atom. The molecule has 0 radical (unpaired) electrons. The predicted octanol–water partition coefficient (Wildman–Crippen LogP) is 2.11. The zero-order chi connectivity index (χ0) is 17.6. The lowest BCUT2D eigenvalue weighted by atomic mass is 9.99. The minimum Gasteiger partial charge on any atom is -0.467 e. The number of rotatable bonds is 5. The highest BCUT2D eigenvalue weighted by atomic mass is 16.5. The molecule has 0 aromatic heterocycles. The monoisotopic (exact) mass is 338 g/mol. The van der Waals surface area contributed by atoms with Crippen molar-refractivity contribution in [2.24, 2.45) is 0 Å². The molecule has 7 heteroatoms. The van der Waals surface area contributed by atoms with Crippen LogP contribution in [0.4, 0.5) is 4.79 Å². The van der Waals surface area contributed by atoms with Gasteiger partial charge in [0.1, 0.15) is 11.7 Å². The van der Waals surface area contributed by atoms with E-state index in [4.69, 9.17) is 9.47 Å². The maximum atomic E-state index is 12.6. The van der Waals surface area contributed by atoms with Crippen LogP contribution in [-0.2, 0) is 19.1 Å². The highest BCUT2D eigenvalue weighted by molar-refractivity contribution is 5.87. The summed E-state index contributed by atoms with van der Waals surface area (Å²) in [5, 5.41) is 2.85. The number of carbonyl (C=O) groups excluding carboxylic acids is 3. The van der Waals surface area contributed by atoms with Gasteiger partial charge in [0.2, 0.25) is 5.91 Å². The van der Waals surface area contributed by atoms with Crippen LogP contribution in [0.25, 0.3) is 0 Å². The van der Waals surface area contributed by atoms with Gasteiger partial charge in [0.15, 0.2) is 0 Å². The molecule has 7 nitrogen and oxygen atoms in total. The van der Waals surface area contributed by atoms with Crippen LogP contribution in [0.2, 0.25) is 0 Å². The summed E-state index contributed by atoms with van der Waals surface area (Å²) < 4.78 is 10.0. The number of allylic oxidation sites excluding steroid dienone is 1. The van der Waals surface area contributed by atoms with Crippen LogP contribution in [0.15, 0.2) is 12.2 Å². The zero-order valence-corrected chi connectivity index (χ0v) is 14.4.